The van der Waals surface area contributed by atoms with Crippen molar-refractivity contribution in [2.45, 2.75) is 13.0 Å². The Balaban J connectivity index is 2.29. The predicted octanol–water partition coefficient (Wildman–Crippen LogP) is 2.67. The van der Waals surface area contributed by atoms with Crippen LogP contribution in [0.1, 0.15) is 16.6 Å². The lowest BCUT2D eigenvalue weighted by Gasteiger charge is -2.05. The van der Waals surface area contributed by atoms with Gasteiger partial charge in [0.05, 0.1) is 11.1 Å². The van der Waals surface area contributed by atoms with Gasteiger partial charge in [0.25, 0.3) is 5.91 Å². The van der Waals surface area contributed by atoms with Crippen LogP contribution in [0.25, 0.3) is 10.1 Å². The van der Waals surface area contributed by atoms with E-state index in [-0.39, 0.29) is 12.5 Å². The maximum Gasteiger partial charge on any atom is 0.263 e. The van der Waals surface area contributed by atoms with E-state index in [1.54, 1.807) is 6.92 Å². The quantitative estimate of drug-likeness (QED) is 0.900. The van der Waals surface area contributed by atoms with Gasteiger partial charge in [-0.05, 0) is 13.0 Å². The molecule has 2 rings (SSSR count). The van der Waals surface area contributed by atoms with Crippen LogP contribution in [0.4, 0.5) is 0 Å². The minimum Gasteiger partial charge on any atom is -0.392 e. The number of thiophene rings is 1. The molecule has 3 nitrogen and oxygen atoms in total. The summed E-state index contributed by atoms with van der Waals surface area (Å²) in [5, 5.41) is 13.1. The van der Waals surface area contributed by atoms with Crippen LogP contribution in [0.15, 0.2) is 24.3 Å². The summed E-state index contributed by atoms with van der Waals surface area (Å²) in [6, 6.07) is 7.61. The molecule has 2 aromatic rings. The van der Waals surface area contributed by atoms with Gasteiger partial charge in [-0.2, -0.15) is 0 Å². The van der Waals surface area contributed by atoms with E-state index in [9.17, 15) is 4.79 Å². The largest absolute Gasteiger partial charge is 0.392 e. The summed E-state index contributed by atoms with van der Waals surface area (Å²) in [5.41, 5.74) is 0. The molecule has 1 heterocycles. The molecule has 90 valence electrons. The summed E-state index contributed by atoms with van der Waals surface area (Å²) in [6.45, 7) is 1.84. The van der Waals surface area contributed by atoms with Gasteiger partial charge >= 0.3 is 0 Å². The van der Waals surface area contributed by atoms with Crippen molar-refractivity contribution in [3.05, 3.63) is 34.2 Å². The first kappa shape index (κ1) is 12.4. The highest BCUT2D eigenvalue weighted by molar-refractivity contribution is 7.21. The van der Waals surface area contributed by atoms with Crippen LogP contribution in [0, 0.1) is 0 Å². The number of halogens is 1. The fraction of sp³-hybridized carbons (Fsp3) is 0.250. The number of fused-ring (bicyclic) bond motifs is 1. The zero-order chi connectivity index (χ0) is 12.4. The second kappa shape index (κ2) is 5.04. The minimum absolute atomic E-state index is 0.226. The van der Waals surface area contributed by atoms with Gasteiger partial charge in [0.15, 0.2) is 0 Å². The first-order chi connectivity index (χ1) is 8.09. The molecule has 1 amide bonds. The number of benzene rings is 1. The lowest BCUT2D eigenvalue weighted by atomic mass is 10.2. The molecule has 1 aromatic carbocycles. The monoisotopic (exact) mass is 269 g/mol. The van der Waals surface area contributed by atoms with Crippen LogP contribution in [0.2, 0.25) is 5.02 Å². The van der Waals surface area contributed by atoms with E-state index in [0.29, 0.717) is 9.90 Å². The van der Waals surface area contributed by atoms with Crippen LogP contribution >= 0.6 is 22.9 Å². The van der Waals surface area contributed by atoms with E-state index in [0.717, 1.165) is 10.1 Å². The van der Waals surface area contributed by atoms with Crippen molar-refractivity contribution in [1.82, 2.24) is 5.32 Å². The number of aliphatic hydroxyl groups excluding tert-OH is 1. The first-order valence-electron chi connectivity index (χ1n) is 5.23. The van der Waals surface area contributed by atoms with E-state index >= 15 is 0 Å². The molecule has 0 unspecified atom stereocenters. The third-order valence-electron chi connectivity index (χ3n) is 2.30. The van der Waals surface area contributed by atoms with E-state index in [2.05, 4.69) is 5.32 Å². The van der Waals surface area contributed by atoms with Gasteiger partial charge in [-0.25, -0.2) is 0 Å². The molecule has 0 aliphatic rings. The second-order valence-corrected chi connectivity index (χ2v) is 5.23. The molecule has 17 heavy (non-hydrogen) atoms. The molecular weight excluding hydrogens is 258 g/mol. The molecule has 1 atom stereocenters. The molecule has 0 saturated heterocycles. The topological polar surface area (TPSA) is 49.3 Å². The van der Waals surface area contributed by atoms with E-state index in [1.807, 2.05) is 24.3 Å². The van der Waals surface area contributed by atoms with E-state index in [1.165, 1.54) is 11.3 Å². The van der Waals surface area contributed by atoms with Gasteiger partial charge in [-0.1, -0.05) is 29.8 Å². The SMILES string of the molecule is C[C@@H](O)CNC(=O)c1sc2ccccc2c1Cl. The molecular formula is C12H12ClNO2S. The average molecular weight is 270 g/mol. The molecule has 0 radical (unpaired) electrons. The van der Waals surface area contributed by atoms with Gasteiger partial charge in [0.2, 0.25) is 0 Å². The number of carbonyl (C=O) groups is 1. The summed E-state index contributed by atoms with van der Waals surface area (Å²) in [6.07, 6.45) is -0.563. The lowest BCUT2D eigenvalue weighted by molar-refractivity contribution is 0.0928. The Kier molecular flexibility index (Phi) is 3.66. The van der Waals surface area contributed by atoms with Crippen molar-refractivity contribution >= 4 is 38.9 Å². The summed E-state index contributed by atoms with van der Waals surface area (Å²) in [5.74, 6) is -0.239. The normalized spacial score (nSPS) is 12.6. The number of hydrogen-bond donors (Lipinski definition) is 2. The maximum absolute atomic E-state index is 11.8. The summed E-state index contributed by atoms with van der Waals surface area (Å²) >= 11 is 7.51. The third kappa shape index (κ3) is 2.60. The maximum atomic E-state index is 11.8. The smallest absolute Gasteiger partial charge is 0.263 e. The number of hydrogen-bond acceptors (Lipinski definition) is 3. The minimum atomic E-state index is -0.563. The Morgan fingerprint density at radius 2 is 2.24 bits per heavy atom. The van der Waals surface area contributed by atoms with Gasteiger partial charge in [-0.3, -0.25) is 4.79 Å². The molecule has 1 aromatic heterocycles. The second-order valence-electron chi connectivity index (χ2n) is 3.80. The van der Waals surface area contributed by atoms with Crippen LogP contribution in [0.3, 0.4) is 0 Å². The zero-order valence-corrected chi connectivity index (χ0v) is 10.8. The van der Waals surface area contributed by atoms with Crippen molar-refractivity contribution in [2.24, 2.45) is 0 Å². The standard InChI is InChI=1S/C12H12ClNO2S/c1-7(15)6-14-12(16)11-10(13)8-4-2-3-5-9(8)17-11/h2-5,7,15H,6H2,1H3,(H,14,16)/t7-/m1/s1. The molecule has 0 bridgehead atoms. The number of aliphatic hydroxyl groups is 1. The van der Waals surface area contributed by atoms with Gasteiger partial charge < -0.3 is 10.4 Å². The van der Waals surface area contributed by atoms with E-state index in [4.69, 9.17) is 16.7 Å². The van der Waals surface area contributed by atoms with Gasteiger partial charge in [0, 0.05) is 16.6 Å². The number of carbonyl (C=O) groups excluding carboxylic acids is 1. The zero-order valence-electron chi connectivity index (χ0n) is 9.24. The van der Waals surface area contributed by atoms with E-state index < -0.39 is 6.10 Å². The number of nitrogens with one attached hydrogen (secondary N) is 1. The van der Waals surface area contributed by atoms with Crippen molar-refractivity contribution in [3.63, 3.8) is 0 Å². The molecule has 0 saturated carbocycles. The van der Waals surface area contributed by atoms with Crippen LogP contribution in [-0.4, -0.2) is 23.7 Å². The Morgan fingerprint density at radius 1 is 1.53 bits per heavy atom. The van der Waals surface area contributed by atoms with Gasteiger partial charge in [-0.15, -0.1) is 11.3 Å². The molecule has 0 fully saturated rings. The van der Waals surface area contributed by atoms with Crippen molar-refractivity contribution in [3.8, 4) is 0 Å². The van der Waals surface area contributed by atoms with Crippen LogP contribution in [-0.2, 0) is 0 Å². The highest BCUT2D eigenvalue weighted by Gasteiger charge is 2.16. The molecule has 2 N–H and O–H groups in total. The predicted molar refractivity (Wildman–Crippen MR) is 70.8 cm³/mol. The molecule has 0 aliphatic heterocycles. The average Bonchev–Trinajstić information content (AvgIpc) is 2.64. The highest BCUT2D eigenvalue weighted by Crippen LogP contribution is 2.34. The Bertz CT molecular complexity index is 550. The first-order valence-corrected chi connectivity index (χ1v) is 6.42. The van der Waals surface area contributed by atoms with Crippen molar-refractivity contribution < 1.29 is 9.90 Å². The van der Waals surface area contributed by atoms with Crippen molar-refractivity contribution in [2.75, 3.05) is 6.54 Å². The summed E-state index contributed by atoms with van der Waals surface area (Å²) in [7, 11) is 0. The van der Waals surface area contributed by atoms with Crippen LogP contribution < -0.4 is 5.32 Å². The molecule has 5 heteroatoms. The highest BCUT2D eigenvalue weighted by atomic mass is 35.5. The number of rotatable bonds is 3. The molecule has 0 aliphatic carbocycles. The molecule has 0 spiro atoms. The number of amides is 1. The fourth-order valence-corrected chi connectivity index (χ4v) is 2.91. The summed E-state index contributed by atoms with van der Waals surface area (Å²) in [4.78, 5) is 12.3. The van der Waals surface area contributed by atoms with Crippen molar-refractivity contribution in [1.29, 1.82) is 0 Å². The Hall–Kier alpha value is -1.10. The fourth-order valence-electron chi connectivity index (χ4n) is 1.48. The lowest BCUT2D eigenvalue weighted by Crippen LogP contribution is -2.30. The van der Waals surface area contributed by atoms with Crippen LogP contribution in [0.5, 0.6) is 0 Å². The third-order valence-corrected chi connectivity index (χ3v) is 3.97. The summed E-state index contributed by atoms with van der Waals surface area (Å²) < 4.78 is 0.986. The Labute approximate surface area is 108 Å². The van der Waals surface area contributed by atoms with Gasteiger partial charge in [0.1, 0.15) is 4.88 Å². The Morgan fingerprint density at radius 3 is 2.88 bits per heavy atom.